The molecule has 0 bridgehead atoms. The lowest BCUT2D eigenvalue weighted by atomic mass is 10.1. The number of ether oxygens (including phenoxy) is 2. The quantitative estimate of drug-likeness (QED) is 0.612. The molecule has 0 atom stereocenters. The molecule has 0 saturated heterocycles. The van der Waals surface area contributed by atoms with Crippen molar-refractivity contribution < 1.29 is 19.1 Å². The molecule has 1 amide bonds. The van der Waals surface area contributed by atoms with Gasteiger partial charge in [-0.25, -0.2) is 0 Å². The number of Topliss-reactive ketones (excluding diaryl/α,β-unsaturated/α-hetero) is 1. The Morgan fingerprint density at radius 1 is 0.926 bits per heavy atom. The first-order valence-electron chi connectivity index (χ1n) is 9.28. The molecule has 27 heavy (non-hydrogen) atoms. The van der Waals surface area contributed by atoms with Crippen LogP contribution >= 0.6 is 0 Å². The van der Waals surface area contributed by atoms with Crippen LogP contribution in [0.15, 0.2) is 48.5 Å². The number of carbonyl (C=O) groups excluding carboxylic acids is 2. The number of rotatable bonds is 11. The average molecular weight is 369 g/mol. The van der Waals surface area contributed by atoms with Crippen LogP contribution in [0.5, 0.6) is 11.5 Å². The van der Waals surface area contributed by atoms with E-state index in [1.807, 2.05) is 31.2 Å². The molecule has 144 valence electrons. The Bertz CT molecular complexity index is 723. The molecule has 1 N–H and O–H groups in total. The monoisotopic (exact) mass is 369 g/mol. The minimum absolute atomic E-state index is 0.0395. The van der Waals surface area contributed by atoms with Gasteiger partial charge in [-0.1, -0.05) is 19.1 Å². The lowest BCUT2D eigenvalue weighted by Gasteiger charge is -2.07. The van der Waals surface area contributed by atoms with E-state index < -0.39 is 0 Å². The number of hydrogen-bond donors (Lipinski definition) is 1. The Kier molecular flexibility index (Phi) is 8.36. The van der Waals surface area contributed by atoms with Crippen LogP contribution in [0.4, 0.5) is 0 Å². The zero-order valence-corrected chi connectivity index (χ0v) is 16.0. The molecule has 0 saturated carbocycles. The van der Waals surface area contributed by atoms with Gasteiger partial charge < -0.3 is 14.8 Å². The van der Waals surface area contributed by atoms with Crippen molar-refractivity contribution in [2.24, 2.45) is 0 Å². The maximum absolute atomic E-state index is 12.2. The smallest absolute Gasteiger partial charge is 0.220 e. The van der Waals surface area contributed by atoms with Gasteiger partial charge in [0.2, 0.25) is 5.91 Å². The summed E-state index contributed by atoms with van der Waals surface area (Å²) in [5.74, 6) is 1.41. The van der Waals surface area contributed by atoms with Crippen LogP contribution in [0.2, 0.25) is 0 Å². The van der Waals surface area contributed by atoms with Crippen molar-refractivity contribution in [2.45, 2.75) is 32.6 Å². The fourth-order valence-corrected chi connectivity index (χ4v) is 2.56. The molecule has 0 unspecified atom stereocenters. The highest BCUT2D eigenvalue weighted by Crippen LogP contribution is 2.14. The van der Waals surface area contributed by atoms with Gasteiger partial charge in [-0.15, -0.1) is 0 Å². The predicted molar refractivity (Wildman–Crippen MR) is 106 cm³/mol. The SMILES string of the molecule is CCCOc1ccc(C(=O)CCC(=O)NCCc2ccc(OC)cc2)cc1. The summed E-state index contributed by atoms with van der Waals surface area (Å²) in [5, 5.41) is 2.86. The number of benzene rings is 2. The van der Waals surface area contributed by atoms with E-state index in [0.717, 1.165) is 29.9 Å². The van der Waals surface area contributed by atoms with Gasteiger partial charge in [0.15, 0.2) is 5.78 Å². The van der Waals surface area contributed by atoms with E-state index in [1.54, 1.807) is 31.4 Å². The first kappa shape index (κ1) is 20.5. The number of amides is 1. The van der Waals surface area contributed by atoms with E-state index in [-0.39, 0.29) is 24.5 Å². The van der Waals surface area contributed by atoms with Crippen molar-refractivity contribution in [3.63, 3.8) is 0 Å². The van der Waals surface area contributed by atoms with Gasteiger partial charge in [0, 0.05) is 24.9 Å². The van der Waals surface area contributed by atoms with Gasteiger partial charge in [0.1, 0.15) is 11.5 Å². The number of ketones is 1. The standard InChI is InChI=1S/C22H27NO4/c1-3-16-27-20-10-6-18(7-11-20)21(24)12-13-22(25)23-15-14-17-4-8-19(26-2)9-5-17/h4-11H,3,12-16H2,1-2H3,(H,23,25). The minimum atomic E-state index is -0.111. The summed E-state index contributed by atoms with van der Waals surface area (Å²) >= 11 is 0. The number of nitrogens with one attached hydrogen (secondary N) is 1. The van der Waals surface area contributed by atoms with Crippen molar-refractivity contribution in [1.82, 2.24) is 5.32 Å². The summed E-state index contributed by atoms with van der Waals surface area (Å²) < 4.78 is 10.6. The second-order valence-corrected chi connectivity index (χ2v) is 6.24. The Morgan fingerprint density at radius 3 is 2.22 bits per heavy atom. The molecule has 5 nitrogen and oxygen atoms in total. The van der Waals surface area contributed by atoms with Crippen molar-refractivity contribution in [3.05, 3.63) is 59.7 Å². The predicted octanol–water partition coefficient (Wildman–Crippen LogP) is 3.81. The van der Waals surface area contributed by atoms with Crippen molar-refractivity contribution in [3.8, 4) is 11.5 Å². The van der Waals surface area contributed by atoms with Gasteiger partial charge >= 0.3 is 0 Å². The van der Waals surface area contributed by atoms with E-state index in [2.05, 4.69) is 5.32 Å². The maximum Gasteiger partial charge on any atom is 0.220 e. The Hall–Kier alpha value is -2.82. The second kappa shape index (κ2) is 11.0. The second-order valence-electron chi connectivity index (χ2n) is 6.24. The van der Waals surface area contributed by atoms with Crippen molar-refractivity contribution in [2.75, 3.05) is 20.3 Å². The first-order chi connectivity index (χ1) is 13.1. The lowest BCUT2D eigenvalue weighted by molar-refractivity contribution is -0.121. The first-order valence-corrected chi connectivity index (χ1v) is 9.28. The van der Waals surface area contributed by atoms with Gasteiger partial charge in [-0.2, -0.15) is 0 Å². The molecule has 5 heteroatoms. The summed E-state index contributed by atoms with van der Waals surface area (Å²) in [5.41, 5.74) is 1.72. The minimum Gasteiger partial charge on any atom is -0.497 e. The third kappa shape index (κ3) is 7.13. The fraction of sp³-hybridized carbons (Fsp3) is 0.364. The van der Waals surface area contributed by atoms with Crippen molar-refractivity contribution in [1.29, 1.82) is 0 Å². The van der Waals surface area contributed by atoms with Crippen LogP contribution < -0.4 is 14.8 Å². The molecule has 0 aromatic heterocycles. The number of hydrogen-bond acceptors (Lipinski definition) is 4. The highest BCUT2D eigenvalue weighted by atomic mass is 16.5. The van der Waals surface area contributed by atoms with Crippen LogP contribution in [0.3, 0.4) is 0 Å². The molecule has 0 aliphatic rings. The summed E-state index contributed by atoms with van der Waals surface area (Å²) in [6.07, 6.45) is 2.07. The highest BCUT2D eigenvalue weighted by Gasteiger charge is 2.09. The molecule has 0 spiro atoms. The van der Waals surface area contributed by atoms with Crippen LogP contribution in [0.1, 0.15) is 42.1 Å². The topological polar surface area (TPSA) is 64.6 Å². The third-order valence-corrected chi connectivity index (χ3v) is 4.12. The largest absolute Gasteiger partial charge is 0.497 e. The fourth-order valence-electron chi connectivity index (χ4n) is 2.56. The third-order valence-electron chi connectivity index (χ3n) is 4.12. The Labute approximate surface area is 160 Å². The Morgan fingerprint density at radius 2 is 1.59 bits per heavy atom. The summed E-state index contributed by atoms with van der Waals surface area (Å²) in [7, 11) is 1.63. The van der Waals surface area contributed by atoms with Crippen LogP contribution in [-0.4, -0.2) is 32.0 Å². The normalized spacial score (nSPS) is 10.3. The molecule has 0 aliphatic heterocycles. The Balaban J connectivity index is 1.68. The average Bonchev–Trinajstić information content (AvgIpc) is 2.71. The molecule has 0 heterocycles. The van der Waals surface area contributed by atoms with E-state index in [4.69, 9.17) is 9.47 Å². The number of methoxy groups -OCH3 is 1. The maximum atomic E-state index is 12.2. The van der Waals surface area contributed by atoms with Gasteiger partial charge in [0.05, 0.1) is 13.7 Å². The molecule has 0 aliphatic carbocycles. The van der Waals surface area contributed by atoms with E-state index in [0.29, 0.717) is 18.7 Å². The summed E-state index contributed by atoms with van der Waals surface area (Å²) in [6.45, 7) is 3.24. The van der Waals surface area contributed by atoms with Crippen molar-refractivity contribution >= 4 is 11.7 Å². The zero-order chi connectivity index (χ0) is 19.5. The molecule has 0 fully saturated rings. The molecule has 2 aromatic rings. The molecule has 2 rings (SSSR count). The lowest BCUT2D eigenvalue weighted by Crippen LogP contribution is -2.26. The zero-order valence-electron chi connectivity index (χ0n) is 16.0. The van der Waals surface area contributed by atoms with E-state index >= 15 is 0 Å². The highest BCUT2D eigenvalue weighted by molar-refractivity contribution is 5.98. The van der Waals surface area contributed by atoms with Crippen LogP contribution in [0, 0.1) is 0 Å². The number of carbonyl (C=O) groups is 2. The van der Waals surface area contributed by atoms with Crippen LogP contribution in [0.25, 0.3) is 0 Å². The van der Waals surface area contributed by atoms with Gasteiger partial charge in [-0.3, -0.25) is 9.59 Å². The van der Waals surface area contributed by atoms with Gasteiger partial charge in [-0.05, 0) is 54.8 Å². The molecular formula is C22H27NO4. The van der Waals surface area contributed by atoms with Crippen LogP contribution in [-0.2, 0) is 11.2 Å². The molecule has 0 radical (unpaired) electrons. The molecule has 2 aromatic carbocycles. The van der Waals surface area contributed by atoms with E-state index in [1.165, 1.54) is 0 Å². The van der Waals surface area contributed by atoms with Gasteiger partial charge in [0.25, 0.3) is 0 Å². The molecular weight excluding hydrogens is 342 g/mol. The summed E-state index contributed by atoms with van der Waals surface area (Å²) in [4.78, 5) is 24.1. The summed E-state index contributed by atoms with van der Waals surface area (Å²) in [6, 6.07) is 14.8. The van der Waals surface area contributed by atoms with E-state index in [9.17, 15) is 9.59 Å².